The van der Waals surface area contributed by atoms with Crippen molar-refractivity contribution >= 4 is 17.3 Å². The van der Waals surface area contributed by atoms with Gasteiger partial charge in [0.1, 0.15) is 0 Å². The molecule has 21 heavy (non-hydrogen) atoms. The van der Waals surface area contributed by atoms with Crippen molar-refractivity contribution < 1.29 is 4.79 Å². The highest BCUT2D eigenvalue weighted by molar-refractivity contribution is 5.96. The molecule has 2 aromatic rings. The van der Waals surface area contributed by atoms with Crippen molar-refractivity contribution in [3.63, 3.8) is 0 Å². The SMILES string of the molecule is CCNc1ccnc(CN2C(=O)CCc3ccccc32)c1. The van der Waals surface area contributed by atoms with Gasteiger partial charge < -0.3 is 10.2 Å². The fourth-order valence-corrected chi connectivity index (χ4v) is 2.71. The summed E-state index contributed by atoms with van der Waals surface area (Å²) in [6, 6.07) is 12.1. The Balaban J connectivity index is 1.87. The molecule has 1 aromatic heterocycles. The van der Waals surface area contributed by atoms with E-state index >= 15 is 0 Å². The van der Waals surface area contributed by atoms with Gasteiger partial charge in [0.15, 0.2) is 0 Å². The summed E-state index contributed by atoms with van der Waals surface area (Å²) >= 11 is 0. The summed E-state index contributed by atoms with van der Waals surface area (Å²) in [5.74, 6) is 0.171. The second kappa shape index (κ2) is 5.95. The van der Waals surface area contributed by atoms with Crippen LogP contribution in [0.4, 0.5) is 11.4 Å². The van der Waals surface area contributed by atoms with E-state index in [0.29, 0.717) is 13.0 Å². The highest BCUT2D eigenvalue weighted by Crippen LogP contribution is 2.28. The van der Waals surface area contributed by atoms with Gasteiger partial charge in [-0.3, -0.25) is 9.78 Å². The third kappa shape index (κ3) is 2.89. The number of carbonyl (C=O) groups excluding carboxylic acids is 1. The Morgan fingerprint density at radius 2 is 2.10 bits per heavy atom. The molecule has 0 aliphatic carbocycles. The molecule has 108 valence electrons. The largest absolute Gasteiger partial charge is 0.385 e. The van der Waals surface area contributed by atoms with Crippen LogP contribution in [0.2, 0.25) is 0 Å². The minimum atomic E-state index is 0.171. The Bertz CT molecular complexity index is 654. The molecule has 1 N–H and O–H groups in total. The zero-order valence-electron chi connectivity index (χ0n) is 12.2. The number of nitrogens with one attached hydrogen (secondary N) is 1. The second-order valence-electron chi connectivity index (χ2n) is 5.17. The summed E-state index contributed by atoms with van der Waals surface area (Å²) in [6.45, 7) is 3.45. The van der Waals surface area contributed by atoms with E-state index in [9.17, 15) is 4.79 Å². The number of hydrogen-bond acceptors (Lipinski definition) is 3. The van der Waals surface area contributed by atoms with E-state index in [2.05, 4.69) is 23.3 Å². The first-order valence-corrected chi connectivity index (χ1v) is 7.35. The predicted molar refractivity (Wildman–Crippen MR) is 84.4 cm³/mol. The topological polar surface area (TPSA) is 45.2 Å². The number of rotatable bonds is 4. The molecule has 4 heteroatoms. The van der Waals surface area contributed by atoms with Crippen LogP contribution < -0.4 is 10.2 Å². The standard InChI is InChI=1S/C17H19N3O/c1-2-18-14-9-10-19-15(11-14)12-20-16-6-4-3-5-13(16)7-8-17(20)21/h3-6,9-11H,2,7-8,12H2,1H3,(H,18,19). The highest BCUT2D eigenvalue weighted by Gasteiger charge is 2.24. The van der Waals surface area contributed by atoms with Crippen LogP contribution in [-0.2, 0) is 17.8 Å². The van der Waals surface area contributed by atoms with Gasteiger partial charge in [-0.2, -0.15) is 0 Å². The molecule has 1 aromatic carbocycles. The van der Waals surface area contributed by atoms with Crippen LogP contribution >= 0.6 is 0 Å². The maximum atomic E-state index is 12.3. The van der Waals surface area contributed by atoms with E-state index in [1.54, 1.807) is 6.20 Å². The minimum Gasteiger partial charge on any atom is -0.385 e. The molecule has 1 aliphatic heterocycles. The lowest BCUT2D eigenvalue weighted by atomic mass is 10.0. The van der Waals surface area contributed by atoms with E-state index in [4.69, 9.17) is 0 Å². The van der Waals surface area contributed by atoms with E-state index in [1.807, 2.05) is 35.2 Å². The number of nitrogens with zero attached hydrogens (tertiary/aromatic N) is 2. The lowest BCUT2D eigenvalue weighted by molar-refractivity contribution is -0.119. The summed E-state index contributed by atoms with van der Waals surface area (Å²) in [5, 5.41) is 3.27. The number of amides is 1. The molecule has 0 saturated carbocycles. The molecule has 0 saturated heterocycles. The number of anilines is 2. The Kier molecular flexibility index (Phi) is 3.86. The average molecular weight is 281 g/mol. The van der Waals surface area contributed by atoms with Crippen LogP contribution in [0.1, 0.15) is 24.6 Å². The van der Waals surface area contributed by atoms with Gasteiger partial charge in [-0.15, -0.1) is 0 Å². The van der Waals surface area contributed by atoms with Crippen LogP contribution in [0.25, 0.3) is 0 Å². The van der Waals surface area contributed by atoms with Crippen LogP contribution in [0.15, 0.2) is 42.6 Å². The van der Waals surface area contributed by atoms with Gasteiger partial charge in [0.05, 0.1) is 12.2 Å². The molecule has 0 radical (unpaired) electrons. The van der Waals surface area contributed by atoms with Crippen molar-refractivity contribution in [1.82, 2.24) is 4.98 Å². The quantitative estimate of drug-likeness (QED) is 0.937. The van der Waals surface area contributed by atoms with Crippen molar-refractivity contribution in [3.05, 3.63) is 53.9 Å². The smallest absolute Gasteiger partial charge is 0.227 e. The third-order valence-electron chi connectivity index (χ3n) is 3.71. The number of pyridine rings is 1. The number of benzene rings is 1. The average Bonchev–Trinajstić information content (AvgIpc) is 2.51. The number of hydrogen-bond donors (Lipinski definition) is 1. The monoisotopic (exact) mass is 281 g/mol. The maximum absolute atomic E-state index is 12.3. The molecule has 4 nitrogen and oxygen atoms in total. The van der Waals surface area contributed by atoms with Crippen LogP contribution in [0.3, 0.4) is 0 Å². The summed E-state index contributed by atoms with van der Waals surface area (Å²) in [5.41, 5.74) is 4.20. The number of aryl methyl sites for hydroxylation is 1. The summed E-state index contributed by atoms with van der Waals surface area (Å²) in [4.78, 5) is 18.5. The molecule has 0 spiro atoms. The molecule has 0 atom stereocenters. The Hall–Kier alpha value is -2.36. The van der Waals surface area contributed by atoms with Crippen LogP contribution in [0, 0.1) is 0 Å². The number of aromatic nitrogens is 1. The normalized spacial score (nSPS) is 14.0. The first-order chi connectivity index (χ1) is 10.3. The highest BCUT2D eigenvalue weighted by atomic mass is 16.2. The van der Waals surface area contributed by atoms with Gasteiger partial charge in [0, 0.05) is 30.5 Å². The Morgan fingerprint density at radius 1 is 1.24 bits per heavy atom. The van der Waals surface area contributed by atoms with Gasteiger partial charge in [-0.1, -0.05) is 18.2 Å². The molecule has 0 fully saturated rings. The summed E-state index contributed by atoms with van der Waals surface area (Å²) in [6.07, 6.45) is 3.19. The maximum Gasteiger partial charge on any atom is 0.227 e. The Labute approximate surface area is 124 Å². The van der Waals surface area contributed by atoms with E-state index in [1.165, 1.54) is 5.56 Å². The van der Waals surface area contributed by atoms with E-state index in [-0.39, 0.29) is 5.91 Å². The van der Waals surface area contributed by atoms with Crippen molar-refractivity contribution in [2.24, 2.45) is 0 Å². The number of fused-ring (bicyclic) bond motifs is 1. The molecular formula is C17H19N3O. The first kappa shape index (κ1) is 13.6. The number of carbonyl (C=O) groups is 1. The first-order valence-electron chi connectivity index (χ1n) is 7.35. The van der Waals surface area contributed by atoms with Gasteiger partial charge in [0.2, 0.25) is 5.91 Å². The van der Waals surface area contributed by atoms with Gasteiger partial charge in [-0.05, 0) is 37.1 Å². The van der Waals surface area contributed by atoms with Crippen molar-refractivity contribution in [3.8, 4) is 0 Å². The molecule has 2 heterocycles. The van der Waals surface area contributed by atoms with Crippen molar-refractivity contribution in [2.45, 2.75) is 26.3 Å². The minimum absolute atomic E-state index is 0.171. The van der Waals surface area contributed by atoms with Crippen LogP contribution in [-0.4, -0.2) is 17.4 Å². The lowest BCUT2D eigenvalue weighted by Crippen LogP contribution is -2.34. The second-order valence-corrected chi connectivity index (χ2v) is 5.17. The predicted octanol–water partition coefficient (Wildman–Crippen LogP) is 2.99. The molecule has 0 unspecified atom stereocenters. The fourth-order valence-electron chi connectivity index (χ4n) is 2.71. The van der Waals surface area contributed by atoms with Crippen molar-refractivity contribution in [2.75, 3.05) is 16.8 Å². The summed E-state index contributed by atoms with van der Waals surface area (Å²) < 4.78 is 0. The third-order valence-corrected chi connectivity index (χ3v) is 3.71. The Morgan fingerprint density at radius 3 is 2.95 bits per heavy atom. The van der Waals surface area contributed by atoms with E-state index in [0.717, 1.165) is 30.0 Å². The van der Waals surface area contributed by atoms with Gasteiger partial charge in [-0.25, -0.2) is 0 Å². The van der Waals surface area contributed by atoms with Crippen LogP contribution in [0.5, 0.6) is 0 Å². The fraction of sp³-hybridized carbons (Fsp3) is 0.294. The van der Waals surface area contributed by atoms with Crippen molar-refractivity contribution in [1.29, 1.82) is 0 Å². The molecule has 1 amide bonds. The molecule has 3 rings (SSSR count). The molecule has 0 bridgehead atoms. The van der Waals surface area contributed by atoms with E-state index < -0.39 is 0 Å². The summed E-state index contributed by atoms with van der Waals surface area (Å²) in [7, 11) is 0. The molecule has 1 aliphatic rings. The van der Waals surface area contributed by atoms with Gasteiger partial charge in [0.25, 0.3) is 0 Å². The lowest BCUT2D eigenvalue weighted by Gasteiger charge is -2.29. The zero-order chi connectivity index (χ0) is 14.7. The van der Waals surface area contributed by atoms with Gasteiger partial charge >= 0.3 is 0 Å². The zero-order valence-corrected chi connectivity index (χ0v) is 12.2. The molecular weight excluding hydrogens is 262 g/mol. The number of para-hydroxylation sites is 1.